The van der Waals surface area contributed by atoms with Crippen LogP contribution in [-0.4, -0.2) is 11.9 Å². The van der Waals surface area contributed by atoms with E-state index in [2.05, 4.69) is 25.2 Å². The molecule has 0 aromatic carbocycles. The fourth-order valence-corrected chi connectivity index (χ4v) is 2.35. The predicted octanol–water partition coefficient (Wildman–Crippen LogP) is 3.75. The van der Waals surface area contributed by atoms with E-state index in [9.17, 15) is 0 Å². The second-order valence-corrected chi connectivity index (χ2v) is 5.62. The number of halogens is 2. The molecule has 0 bridgehead atoms. The number of hydrogen-bond acceptors (Lipinski definition) is 2. The van der Waals surface area contributed by atoms with Gasteiger partial charge in [0.15, 0.2) is 0 Å². The largest absolute Gasteiger partial charge is 0.309 e. The van der Waals surface area contributed by atoms with Gasteiger partial charge in [-0.15, -0.1) is 22.9 Å². The average Bonchev–Trinajstić information content (AvgIpc) is 2.59. The van der Waals surface area contributed by atoms with Crippen molar-refractivity contribution in [2.75, 3.05) is 5.88 Å². The number of thiophene rings is 1. The zero-order valence-corrected chi connectivity index (χ0v) is 10.7. The molecule has 0 aliphatic rings. The van der Waals surface area contributed by atoms with Crippen molar-refractivity contribution in [2.24, 2.45) is 5.92 Å². The van der Waals surface area contributed by atoms with Crippen LogP contribution in [0.1, 0.15) is 18.7 Å². The average molecular weight is 252 g/mol. The van der Waals surface area contributed by atoms with Gasteiger partial charge in [0.25, 0.3) is 0 Å². The number of alkyl halides is 1. The molecule has 14 heavy (non-hydrogen) atoms. The molecule has 0 fully saturated rings. The molecule has 1 aromatic rings. The van der Waals surface area contributed by atoms with E-state index >= 15 is 0 Å². The maximum atomic E-state index is 5.84. The molecule has 0 aliphatic heterocycles. The van der Waals surface area contributed by atoms with Crippen LogP contribution in [0.15, 0.2) is 12.1 Å². The van der Waals surface area contributed by atoms with Gasteiger partial charge in [0.1, 0.15) is 0 Å². The Hall–Kier alpha value is 0.240. The van der Waals surface area contributed by atoms with Crippen molar-refractivity contribution < 1.29 is 0 Å². The van der Waals surface area contributed by atoms with Gasteiger partial charge >= 0.3 is 0 Å². The van der Waals surface area contributed by atoms with Crippen LogP contribution in [-0.2, 0) is 6.54 Å². The topological polar surface area (TPSA) is 12.0 Å². The van der Waals surface area contributed by atoms with Gasteiger partial charge in [-0.3, -0.25) is 0 Å². The van der Waals surface area contributed by atoms with Crippen LogP contribution < -0.4 is 5.32 Å². The van der Waals surface area contributed by atoms with Crippen molar-refractivity contribution >= 4 is 34.5 Å². The van der Waals surface area contributed by atoms with Gasteiger partial charge in [0, 0.05) is 23.3 Å². The first kappa shape index (κ1) is 12.3. The second kappa shape index (κ2) is 5.96. The lowest BCUT2D eigenvalue weighted by atomic mass is 10.1. The van der Waals surface area contributed by atoms with Crippen LogP contribution in [0, 0.1) is 5.92 Å². The van der Waals surface area contributed by atoms with Gasteiger partial charge in [-0.2, -0.15) is 0 Å². The standard InChI is InChI=1S/C10H15Cl2NS/c1-7(5-11)8(2)13-6-9-3-4-10(12)14-9/h3-4,7-8,13H,5-6H2,1-2H3. The van der Waals surface area contributed by atoms with Crippen LogP contribution in [0.25, 0.3) is 0 Å². The molecule has 0 saturated heterocycles. The third kappa shape index (κ3) is 3.77. The Morgan fingerprint density at radius 3 is 2.64 bits per heavy atom. The highest BCUT2D eigenvalue weighted by Crippen LogP contribution is 2.21. The molecule has 1 nitrogen and oxygen atoms in total. The molecule has 80 valence electrons. The van der Waals surface area contributed by atoms with Gasteiger partial charge in [-0.05, 0) is 25.0 Å². The van der Waals surface area contributed by atoms with Crippen molar-refractivity contribution in [2.45, 2.75) is 26.4 Å². The summed E-state index contributed by atoms with van der Waals surface area (Å²) in [5.41, 5.74) is 0. The van der Waals surface area contributed by atoms with E-state index < -0.39 is 0 Å². The van der Waals surface area contributed by atoms with Crippen molar-refractivity contribution in [3.05, 3.63) is 21.3 Å². The Morgan fingerprint density at radius 2 is 2.14 bits per heavy atom. The van der Waals surface area contributed by atoms with Crippen LogP contribution in [0.3, 0.4) is 0 Å². The van der Waals surface area contributed by atoms with E-state index in [1.54, 1.807) is 11.3 Å². The highest BCUT2D eigenvalue weighted by atomic mass is 35.5. The molecular weight excluding hydrogens is 237 g/mol. The first-order valence-electron chi connectivity index (χ1n) is 4.67. The molecule has 1 heterocycles. The van der Waals surface area contributed by atoms with Gasteiger partial charge < -0.3 is 5.32 Å². The second-order valence-electron chi connectivity index (χ2n) is 3.51. The molecular formula is C10H15Cl2NS. The SMILES string of the molecule is CC(CCl)C(C)NCc1ccc(Cl)s1. The number of hydrogen-bond donors (Lipinski definition) is 1. The van der Waals surface area contributed by atoms with Crippen LogP contribution >= 0.6 is 34.5 Å². The molecule has 0 saturated carbocycles. The Kier molecular flexibility index (Phi) is 5.24. The van der Waals surface area contributed by atoms with Crippen LogP contribution in [0.2, 0.25) is 4.34 Å². The minimum atomic E-state index is 0.438. The molecule has 0 amide bonds. The summed E-state index contributed by atoms with van der Waals surface area (Å²) in [6.45, 7) is 5.17. The quantitative estimate of drug-likeness (QED) is 0.787. The normalized spacial score (nSPS) is 15.4. The zero-order valence-electron chi connectivity index (χ0n) is 8.39. The summed E-state index contributed by atoms with van der Waals surface area (Å²) in [6, 6.07) is 4.42. The number of rotatable bonds is 5. The van der Waals surface area contributed by atoms with E-state index in [1.807, 2.05) is 6.07 Å². The number of nitrogens with one attached hydrogen (secondary N) is 1. The van der Waals surface area contributed by atoms with Crippen LogP contribution in [0.4, 0.5) is 0 Å². The molecule has 4 heteroatoms. The summed E-state index contributed by atoms with van der Waals surface area (Å²) in [7, 11) is 0. The van der Waals surface area contributed by atoms with Gasteiger partial charge in [0.05, 0.1) is 4.34 Å². The lowest BCUT2D eigenvalue weighted by Gasteiger charge is -2.18. The third-order valence-corrected chi connectivity index (χ3v) is 4.04. The zero-order chi connectivity index (χ0) is 10.6. The van der Waals surface area contributed by atoms with E-state index in [0.29, 0.717) is 17.8 Å². The molecule has 1 N–H and O–H groups in total. The summed E-state index contributed by atoms with van der Waals surface area (Å²) in [5, 5.41) is 3.43. The van der Waals surface area contributed by atoms with E-state index in [4.69, 9.17) is 23.2 Å². The van der Waals surface area contributed by atoms with Gasteiger partial charge in [-0.25, -0.2) is 0 Å². The summed E-state index contributed by atoms with van der Waals surface area (Å²) in [4.78, 5) is 1.27. The smallest absolute Gasteiger partial charge is 0.0931 e. The van der Waals surface area contributed by atoms with E-state index in [-0.39, 0.29) is 0 Å². The minimum absolute atomic E-state index is 0.438. The predicted molar refractivity (Wildman–Crippen MR) is 65.5 cm³/mol. The molecule has 0 aliphatic carbocycles. The first-order chi connectivity index (χ1) is 6.63. The fraction of sp³-hybridized carbons (Fsp3) is 0.600. The summed E-state index contributed by atoms with van der Waals surface area (Å²) < 4.78 is 0.847. The first-order valence-corrected chi connectivity index (χ1v) is 6.40. The van der Waals surface area contributed by atoms with Gasteiger partial charge in [0.2, 0.25) is 0 Å². The molecule has 2 atom stereocenters. The van der Waals surface area contributed by atoms with Gasteiger partial charge in [-0.1, -0.05) is 18.5 Å². The summed E-state index contributed by atoms with van der Waals surface area (Å²) >= 11 is 13.2. The van der Waals surface area contributed by atoms with Crippen LogP contribution in [0.5, 0.6) is 0 Å². The van der Waals surface area contributed by atoms with Crippen molar-refractivity contribution in [1.82, 2.24) is 5.32 Å². The Labute approximate surface area is 99.4 Å². The fourth-order valence-electron chi connectivity index (χ4n) is 1.04. The van der Waals surface area contributed by atoms with E-state index in [0.717, 1.165) is 10.9 Å². The van der Waals surface area contributed by atoms with Crippen molar-refractivity contribution in [3.63, 3.8) is 0 Å². The van der Waals surface area contributed by atoms with Crippen molar-refractivity contribution in [3.8, 4) is 0 Å². The highest BCUT2D eigenvalue weighted by Gasteiger charge is 2.10. The maximum Gasteiger partial charge on any atom is 0.0931 e. The molecule has 0 spiro atoms. The molecule has 2 unspecified atom stereocenters. The van der Waals surface area contributed by atoms with E-state index in [1.165, 1.54) is 4.88 Å². The minimum Gasteiger partial charge on any atom is -0.309 e. The molecule has 1 aromatic heterocycles. The Morgan fingerprint density at radius 1 is 1.43 bits per heavy atom. The highest BCUT2D eigenvalue weighted by molar-refractivity contribution is 7.16. The van der Waals surface area contributed by atoms with Crippen molar-refractivity contribution in [1.29, 1.82) is 0 Å². The third-order valence-electron chi connectivity index (χ3n) is 2.32. The monoisotopic (exact) mass is 251 g/mol. The summed E-state index contributed by atoms with van der Waals surface area (Å²) in [5.74, 6) is 1.19. The Bertz CT molecular complexity index is 275. The molecule has 0 radical (unpaired) electrons. The summed E-state index contributed by atoms with van der Waals surface area (Å²) in [6.07, 6.45) is 0. The lowest BCUT2D eigenvalue weighted by molar-refractivity contribution is 0.431. The Balaban J connectivity index is 2.33. The maximum absolute atomic E-state index is 5.84. The lowest BCUT2D eigenvalue weighted by Crippen LogP contribution is -2.32. The molecule has 1 rings (SSSR count).